The Hall–Kier alpha value is -4.19. The summed E-state index contributed by atoms with van der Waals surface area (Å²) in [4.78, 5) is 38.2. The molecule has 1 unspecified atom stereocenters. The lowest BCUT2D eigenvalue weighted by molar-refractivity contribution is -0.167. The molecule has 0 radical (unpaired) electrons. The van der Waals surface area contributed by atoms with Gasteiger partial charge in [-0.05, 0) is 135 Å². The molecule has 0 bridgehead atoms. The predicted molar refractivity (Wildman–Crippen MR) is 330 cm³/mol. The lowest BCUT2D eigenvalue weighted by atomic mass is 10.1. The summed E-state index contributed by atoms with van der Waals surface area (Å²) in [6, 6.07) is 0. The van der Waals surface area contributed by atoms with Crippen LogP contribution in [0.5, 0.6) is 0 Å². The van der Waals surface area contributed by atoms with E-state index in [0.29, 0.717) is 19.3 Å². The number of rotatable bonds is 56. The van der Waals surface area contributed by atoms with Crippen LogP contribution in [-0.4, -0.2) is 37.2 Å². The Kier molecular flexibility index (Phi) is 59.9. The highest BCUT2D eigenvalue weighted by Gasteiger charge is 2.19. The van der Waals surface area contributed by atoms with Crippen LogP contribution in [0.25, 0.3) is 0 Å². The molecule has 0 spiro atoms. The van der Waals surface area contributed by atoms with Gasteiger partial charge in [0.1, 0.15) is 13.2 Å². The SMILES string of the molecule is CC/C=C\C/C=C\C/C=C\C/C=C\C/C=C\C/C=C\C/C=C\C/C=C\CCCCCCC(=O)OCC(COC(=O)CCCCCCC/C=C\CCCCCCC)OC(=O)CCCCCCC/C=C\CCCCCCCC. The molecule has 0 saturated heterocycles. The first-order valence-corrected chi connectivity index (χ1v) is 31.5. The van der Waals surface area contributed by atoms with Crippen molar-refractivity contribution in [1.82, 2.24) is 0 Å². The summed E-state index contributed by atoms with van der Waals surface area (Å²) in [5.74, 6) is -0.935. The number of ether oxygens (including phenoxy) is 3. The van der Waals surface area contributed by atoms with Gasteiger partial charge in [-0.3, -0.25) is 14.4 Å². The van der Waals surface area contributed by atoms with Crippen LogP contribution in [0.15, 0.2) is 122 Å². The molecule has 0 aromatic carbocycles. The van der Waals surface area contributed by atoms with Gasteiger partial charge >= 0.3 is 17.9 Å². The molecule has 0 aliphatic carbocycles. The van der Waals surface area contributed by atoms with E-state index in [0.717, 1.165) is 141 Å². The Labute approximate surface area is 469 Å². The molecule has 0 fully saturated rings. The molecule has 0 heterocycles. The topological polar surface area (TPSA) is 78.9 Å². The van der Waals surface area contributed by atoms with Crippen molar-refractivity contribution in [2.75, 3.05) is 13.2 Å². The molecule has 0 aromatic rings. The highest BCUT2D eigenvalue weighted by molar-refractivity contribution is 5.71. The maximum atomic E-state index is 12.9. The fourth-order valence-corrected chi connectivity index (χ4v) is 8.45. The molecule has 0 aromatic heterocycles. The Bertz CT molecular complexity index is 1590. The van der Waals surface area contributed by atoms with Gasteiger partial charge in [-0.15, -0.1) is 0 Å². The zero-order chi connectivity index (χ0) is 55.0. The summed E-state index contributed by atoms with van der Waals surface area (Å²) < 4.78 is 16.9. The van der Waals surface area contributed by atoms with E-state index in [2.05, 4.69) is 142 Å². The van der Waals surface area contributed by atoms with Crippen molar-refractivity contribution in [2.24, 2.45) is 0 Å². The summed E-state index contributed by atoms with van der Waals surface area (Å²) in [6.45, 7) is 6.48. The molecule has 432 valence electrons. The molecular formula is C70H116O6. The molecule has 0 aliphatic rings. The normalized spacial score (nSPS) is 12.9. The summed E-state index contributed by atoms with van der Waals surface area (Å²) in [5, 5.41) is 0. The third-order valence-corrected chi connectivity index (χ3v) is 13.2. The molecule has 6 nitrogen and oxygen atoms in total. The van der Waals surface area contributed by atoms with Crippen LogP contribution in [0, 0.1) is 0 Å². The van der Waals surface area contributed by atoms with Gasteiger partial charge in [0.25, 0.3) is 0 Å². The van der Waals surface area contributed by atoms with Gasteiger partial charge < -0.3 is 14.2 Å². The predicted octanol–water partition coefficient (Wildman–Crippen LogP) is 21.6. The number of carbonyl (C=O) groups is 3. The van der Waals surface area contributed by atoms with E-state index in [1.165, 1.54) is 103 Å². The van der Waals surface area contributed by atoms with Crippen molar-refractivity contribution in [3.8, 4) is 0 Å². The van der Waals surface area contributed by atoms with Crippen molar-refractivity contribution < 1.29 is 28.6 Å². The smallest absolute Gasteiger partial charge is 0.306 e. The van der Waals surface area contributed by atoms with Crippen molar-refractivity contribution in [2.45, 2.75) is 290 Å². The largest absolute Gasteiger partial charge is 0.462 e. The van der Waals surface area contributed by atoms with E-state index < -0.39 is 6.10 Å². The Morgan fingerprint density at radius 1 is 0.276 bits per heavy atom. The summed E-state index contributed by atoms with van der Waals surface area (Å²) in [6.07, 6.45) is 87.7. The van der Waals surface area contributed by atoms with Gasteiger partial charge in [0.15, 0.2) is 6.10 Å². The van der Waals surface area contributed by atoms with Crippen molar-refractivity contribution in [1.29, 1.82) is 0 Å². The molecular weight excluding hydrogens is 937 g/mol. The van der Waals surface area contributed by atoms with E-state index in [4.69, 9.17) is 14.2 Å². The minimum Gasteiger partial charge on any atom is -0.462 e. The van der Waals surface area contributed by atoms with Gasteiger partial charge in [0.2, 0.25) is 0 Å². The number of hydrogen-bond acceptors (Lipinski definition) is 6. The average Bonchev–Trinajstić information content (AvgIpc) is 3.42. The van der Waals surface area contributed by atoms with Gasteiger partial charge in [0.05, 0.1) is 0 Å². The summed E-state index contributed by atoms with van der Waals surface area (Å²) >= 11 is 0. The van der Waals surface area contributed by atoms with Crippen LogP contribution in [0.3, 0.4) is 0 Å². The minimum atomic E-state index is -0.800. The number of unbranched alkanes of at least 4 members (excludes halogenated alkanes) is 25. The van der Waals surface area contributed by atoms with Crippen LogP contribution >= 0.6 is 0 Å². The van der Waals surface area contributed by atoms with E-state index in [-0.39, 0.29) is 31.1 Å². The van der Waals surface area contributed by atoms with Crippen LogP contribution in [0.2, 0.25) is 0 Å². The third-order valence-electron chi connectivity index (χ3n) is 13.2. The fraction of sp³-hybridized carbons (Fsp3) is 0.671. The molecule has 0 amide bonds. The van der Waals surface area contributed by atoms with E-state index in [1.54, 1.807) is 0 Å². The number of hydrogen-bond donors (Lipinski definition) is 0. The third kappa shape index (κ3) is 60.7. The zero-order valence-electron chi connectivity index (χ0n) is 49.5. The van der Waals surface area contributed by atoms with Crippen molar-refractivity contribution >= 4 is 17.9 Å². The lowest BCUT2D eigenvalue weighted by Gasteiger charge is -2.18. The Morgan fingerprint density at radius 3 is 0.816 bits per heavy atom. The van der Waals surface area contributed by atoms with Gasteiger partial charge in [0, 0.05) is 19.3 Å². The quantitative estimate of drug-likeness (QED) is 0.0261. The summed E-state index contributed by atoms with van der Waals surface area (Å²) in [5.41, 5.74) is 0. The second-order valence-corrected chi connectivity index (χ2v) is 20.6. The van der Waals surface area contributed by atoms with Gasteiger partial charge in [-0.1, -0.05) is 251 Å². The molecule has 6 heteroatoms. The van der Waals surface area contributed by atoms with Gasteiger partial charge in [-0.25, -0.2) is 0 Å². The van der Waals surface area contributed by atoms with Crippen LogP contribution < -0.4 is 0 Å². The number of allylic oxidation sites excluding steroid dienone is 20. The minimum absolute atomic E-state index is 0.0953. The standard InChI is InChI=1S/C70H116O6/c1-4-7-10-13-16-19-22-25-28-29-30-31-32-33-34-35-36-37-38-39-40-41-43-45-48-51-54-57-60-63-69(72)75-66-67(65-74-68(71)62-59-56-53-50-47-44-27-24-21-18-15-12-9-6-3)76-70(73)64-61-58-55-52-49-46-42-26-23-20-17-14-11-8-5-2/h7,10,16,19,24-28,30-31,33-34,36-37,39-40,42-43,45,67H,4-6,8-9,11-15,17-18,20-23,29,32,35,38,41,44,46-66H2,1-3H3/b10-7-,19-16-,27-24-,28-25-,31-30-,34-33-,37-36-,40-39-,42-26-,45-43-. The first-order chi connectivity index (χ1) is 37.5. The second-order valence-electron chi connectivity index (χ2n) is 20.6. The fourth-order valence-electron chi connectivity index (χ4n) is 8.45. The molecule has 76 heavy (non-hydrogen) atoms. The van der Waals surface area contributed by atoms with Crippen LogP contribution in [0.1, 0.15) is 284 Å². The van der Waals surface area contributed by atoms with E-state index >= 15 is 0 Å². The van der Waals surface area contributed by atoms with E-state index in [9.17, 15) is 14.4 Å². The highest BCUT2D eigenvalue weighted by Crippen LogP contribution is 2.14. The Balaban J connectivity index is 4.39. The monoisotopic (exact) mass is 1050 g/mol. The zero-order valence-corrected chi connectivity index (χ0v) is 49.5. The van der Waals surface area contributed by atoms with Gasteiger partial charge in [-0.2, -0.15) is 0 Å². The Morgan fingerprint density at radius 2 is 0.513 bits per heavy atom. The average molecular weight is 1050 g/mol. The first kappa shape index (κ1) is 71.8. The maximum absolute atomic E-state index is 12.9. The first-order valence-electron chi connectivity index (χ1n) is 31.5. The second kappa shape index (κ2) is 63.3. The molecule has 0 saturated carbocycles. The summed E-state index contributed by atoms with van der Waals surface area (Å²) in [7, 11) is 0. The van der Waals surface area contributed by atoms with Crippen molar-refractivity contribution in [3.63, 3.8) is 0 Å². The molecule has 1 atom stereocenters. The lowest BCUT2D eigenvalue weighted by Crippen LogP contribution is -2.30. The molecule has 0 aliphatic heterocycles. The van der Waals surface area contributed by atoms with Crippen LogP contribution in [0.4, 0.5) is 0 Å². The number of esters is 3. The van der Waals surface area contributed by atoms with Crippen molar-refractivity contribution in [3.05, 3.63) is 122 Å². The van der Waals surface area contributed by atoms with E-state index in [1.807, 2.05) is 0 Å². The maximum Gasteiger partial charge on any atom is 0.306 e. The highest BCUT2D eigenvalue weighted by atomic mass is 16.6. The molecule has 0 rings (SSSR count). The molecule has 0 N–H and O–H groups in total. The van der Waals surface area contributed by atoms with Crippen LogP contribution in [-0.2, 0) is 28.6 Å². The number of carbonyl (C=O) groups excluding carboxylic acids is 3.